The van der Waals surface area contributed by atoms with Gasteiger partial charge in [0.1, 0.15) is 5.75 Å². The van der Waals surface area contributed by atoms with E-state index in [0.717, 1.165) is 36.4 Å². The molecule has 156 valence electrons. The van der Waals surface area contributed by atoms with Crippen LogP contribution in [-0.2, 0) is 0 Å². The third-order valence-electron chi connectivity index (χ3n) is 5.95. The van der Waals surface area contributed by atoms with Gasteiger partial charge in [0.25, 0.3) is 0 Å². The molecule has 1 aliphatic rings. The van der Waals surface area contributed by atoms with Crippen LogP contribution in [0, 0.1) is 5.92 Å². The van der Waals surface area contributed by atoms with Crippen LogP contribution in [0.5, 0.6) is 5.75 Å². The number of hydrogen-bond acceptors (Lipinski definition) is 3. The van der Waals surface area contributed by atoms with Crippen LogP contribution < -0.4 is 15.8 Å². The Bertz CT molecular complexity index is 801. The van der Waals surface area contributed by atoms with Crippen molar-refractivity contribution in [3.63, 3.8) is 0 Å². The second kappa shape index (κ2) is 9.45. The van der Waals surface area contributed by atoms with Gasteiger partial charge in [0.05, 0.1) is 6.61 Å². The number of nitrogens with one attached hydrogen (secondary N) is 1. The van der Waals surface area contributed by atoms with Gasteiger partial charge in [0.15, 0.2) is 0 Å². The molecule has 1 fully saturated rings. The number of primary amides is 1. The van der Waals surface area contributed by atoms with Crippen molar-refractivity contribution >= 4 is 5.91 Å². The Kier molecular flexibility index (Phi) is 6.96. The quantitative estimate of drug-likeness (QED) is 0.709. The van der Waals surface area contributed by atoms with Gasteiger partial charge in [-0.25, -0.2) is 0 Å². The first kappa shape index (κ1) is 21.4. The fourth-order valence-corrected chi connectivity index (χ4v) is 4.27. The number of piperidine rings is 1. The maximum absolute atomic E-state index is 11.8. The average molecular weight is 395 g/mol. The second-order valence-electron chi connectivity index (χ2n) is 8.74. The molecule has 0 radical (unpaired) electrons. The van der Waals surface area contributed by atoms with Gasteiger partial charge in [-0.2, -0.15) is 0 Å². The molecule has 3 N–H and O–H groups in total. The maximum atomic E-state index is 11.8. The van der Waals surface area contributed by atoms with Crippen LogP contribution in [0.15, 0.2) is 42.5 Å². The molecule has 29 heavy (non-hydrogen) atoms. The summed E-state index contributed by atoms with van der Waals surface area (Å²) in [7, 11) is 0. The number of carbonyl (C=O) groups is 1. The van der Waals surface area contributed by atoms with E-state index in [1.165, 1.54) is 5.56 Å². The predicted molar refractivity (Wildman–Crippen MR) is 119 cm³/mol. The van der Waals surface area contributed by atoms with E-state index in [2.05, 4.69) is 63.3 Å². The fraction of sp³-hybridized carbons (Fsp3) is 0.480. The summed E-state index contributed by atoms with van der Waals surface area (Å²) in [6.45, 7) is 11.2. The highest BCUT2D eigenvalue weighted by Crippen LogP contribution is 2.37. The van der Waals surface area contributed by atoms with Gasteiger partial charge in [-0.1, -0.05) is 58.0 Å². The van der Waals surface area contributed by atoms with E-state index in [4.69, 9.17) is 10.5 Å². The molecule has 1 amide bonds. The number of hydrogen-bond donors (Lipinski definition) is 2. The molecule has 0 aliphatic carbocycles. The van der Waals surface area contributed by atoms with Gasteiger partial charge in [-0.05, 0) is 59.5 Å². The van der Waals surface area contributed by atoms with Crippen molar-refractivity contribution in [3.8, 4) is 5.75 Å². The molecule has 3 rings (SSSR count). The zero-order valence-electron chi connectivity index (χ0n) is 18.1. The van der Waals surface area contributed by atoms with Crippen molar-refractivity contribution in [1.82, 2.24) is 5.32 Å². The molecule has 0 saturated carbocycles. The molecule has 1 heterocycles. The number of rotatable bonds is 7. The second-order valence-corrected chi connectivity index (χ2v) is 8.74. The summed E-state index contributed by atoms with van der Waals surface area (Å²) in [6.07, 6.45) is 1.12. The van der Waals surface area contributed by atoms with Gasteiger partial charge in [-0.15, -0.1) is 0 Å². The first-order valence-corrected chi connectivity index (χ1v) is 10.7. The SMILES string of the molecule is CC(C)c1cc(C(N)=O)cc(C(C)C)c1OC[C@@H]1CNCC[C@H]1c1ccccc1. The van der Waals surface area contributed by atoms with Crippen molar-refractivity contribution in [1.29, 1.82) is 0 Å². The number of nitrogens with two attached hydrogens (primary N) is 1. The number of benzene rings is 2. The molecular formula is C25H34N2O2. The van der Waals surface area contributed by atoms with Crippen LogP contribution in [0.2, 0.25) is 0 Å². The molecule has 4 nitrogen and oxygen atoms in total. The van der Waals surface area contributed by atoms with E-state index in [9.17, 15) is 4.79 Å². The normalized spacial score (nSPS) is 19.5. The van der Waals surface area contributed by atoms with Crippen LogP contribution in [0.1, 0.15) is 78.9 Å². The van der Waals surface area contributed by atoms with E-state index in [0.29, 0.717) is 24.0 Å². The van der Waals surface area contributed by atoms with Crippen molar-refractivity contribution < 1.29 is 9.53 Å². The Labute approximate surface area is 174 Å². The lowest BCUT2D eigenvalue weighted by Gasteiger charge is -2.33. The highest BCUT2D eigenvalue weighted by molar-refractivity contribution is 5.93. The minimum atomic E-state index is -0.388. The average Bonchev–Trinajstić information content (AvgIpc) is 2.72. The van der Waals surface area contributed by atoms with E-state index in [-0.39, 0.29) is 17.7 Å². The van der Waals surface area contributed by atoms with Crippen LogP contribution in [-0.4, -0.2) is 25.6 Å². The number of carbonyl (C=O) groups excluding carboxylic acids is 1. The molecule has 0 aromatic heterocycles. The lowest BCUT2D eigenvalue weighted by Crippen LogP contribution is -2.38. The molecule has 2 aromatic rings. The van der Waals surface area contributed by atoms with Crippen molar-refractivity contribution in [2.45, 2.75) is 51.9 Å². The Morgan fingerprint density at radius 3 is 2.28 bits per heavy atom. The van der Waals surface area contributed by atoms with E-state index >= 15 is 0 Å². The Balaban J connectivity index is 1.89. The van der Waals surface area contributed by atoms with Gasteiger partial charge in [-0.3, -0.25) is 4.79 Å². The van der Waals surface area contributed by atoms with E-state index in [1.54, 1.807) is 0 Å². The van der Waals surface area contributed by atoms with Crippen LogP contribution in [0.3, 0.4) is 0 Å². The van der Waals surface area contributed by atoms with Crippen molar-refractivity contribution in [2.24, 2.45) is 11.7 Å². The fourth-order valence-electron chi connectivity index (χ4n) is 4.27. The number of amides is 1. The van der Waals surface area contributed by atoms with Gasteiger partial charge >= 0.3 is 0 Å². The Morgan fingerprint density at radius 1 is 1.10 bits per heavy atom. The third kappa shape index (κ3) is 4.99. The first-order valence-electron chi connectivity index (χ1n) is 10.7. The summed E-state index contributed by atoms with van der Waals surface area (Å²) in [4.78, 5) is 11.8. The van der Waals surface area contributed by atoms with Gasteiger partial charge < -0.3 is 15.8 Å². The summed E-state index contributed by atoms with van der Waals surface area (Å²) in [5.74, 6) is 1.93. The topological polar surface area (TPSA) is 64.4 Å². The zero-order valence-corrected chi connectivity index (χ0v) is 18.1. The minimum absolute atomic E-state index is 0.246. The minimum Gasteiger partial charge on any atom is -0.493 e. The first-order chi connectivity index (χ1) is 13.9. The zero-order chi connectivity index (χ0) is 21.0. The summed E-state index contributed by atoms with van der Waals surface area (Å²) >= 11 is 0. The van der Waals surface area contributed by atoms with Gasteiger partial charge in [0, 0.05) is 18.0 Å². The standard InChI is InChI=1S/C25H34N2O2/c1-16(2)22-12-19(25(26)28)13-23(17(3)4)24(22)29-15-20-14-27-11-10-21(20)18-8-6-5-7-9-18/h5-9,12-13,16-17,20-21,27H,10-11,14-15H2,1-4H3,(H2,26,28)/t20-,21-/m0/s1. The van der Waals surface area contributed by atoms with Crippen LogP contribution in [0.4, 0.5) is 0 Å². The molecule has 4 heteroatoms. The predicted octanol–water partition coefficient (Wildman–Crippen LogP) is 4.80. The number of ether oxygens (including phenoxy) is 1. The molecule has 0 bridgehead atoms. The summed E-state index contributed by atoms with van der Waals surface area (Å²) in [5.41, 5.74) is 9.66. The largest absolute Gasteiger partial charge is 0.493 e. The van der Waals surface area contributed by atoms with Crippen molar-refractivity contribution in [2.75, 3.05) is 19.7 Å². The third-order valence-corrected chi connectivity index (χ3v) is 5.95. The Morgan fingerprint density at radius 2 is 1.72 bits per heavy atom. The summed E-state index contributed by atoms with van der Waals surface area (Å²) in [6, 6.07) is 14.6. The Hall–Kier alpha value is -2.33. The molecule has 1 aliphatic heterocycles. The lowest BCUT2D eigenvalue weighted by atomic mass is 9.81. The van der Waals surface area contributed by atoms with Gasteiger partial charge in [0.2, 0.25) is 5.91 Å². The molecular weight excluding hydrogens is 360 g/mol. The summed E-state index contributed by atoms with van der Waals surface area (Å²) < 4.78 is 6.52. The molecule has 2 atom stereocenters. The summed E-state index contributed by atoms with van der Waals surface area (Å²) in [5, 5.41) is 3.53. The van der Waals surface area contributed by atoms with E-state index in [1.807, 2.05) is 12.1 Å². The highest BCUT2D eigenvalue weighted by Gasteiger charge is 2.28. The monoisotopic (exact) mass is 394 g/mol. The smallest absolute Gasteiger partial charge is 0.248 e. The molecule has 1 saturated heterocycles. The maximum Gasteiger partial charge on any atom is 0.248 e. The highest BCUT2D eigenvalue weighted by atomic mass is 16.5. The van der Waals surface area contributed by atoms with Crippen LogP contribution >= 0.6 is 0 Å². The lowest BCUT2D eigenvalue weighted by molar-refractivity contribution is 0.1000. The van der Waals surface area contributed by atoms with E-state index < -0.39 is 0 Å². The molecule has 0 spiro atoms. The van der Waals surface area contributed by atoms with Crippen LogP contribution in [0.25, 0.3) is 0 Å². The van der Waals surface area contributed by atoms with Crippen molar-refractivity contribution in [3.05, 3.63) is 64.7 Å². The molecule has 0 unspecified atom stereocenters. The molecule has 2 aromatic carbocycles.